The number of carbonyl (C=O) groups is 1. The van der Waals surface area contributed by atoms with Crippen molar-refractivity contribution in [2.24, 2.45) is 0 Å². The molecule has 98 valence electrons. The summed E-state index contributed by atoms with van der Waals surface area (Å²) in [5.74, 6) is -0.272. The molecule has 0 amide bonds. The van der Waals surface area contributed by atoms with Gasteiger partial charge in [-0.2, -0.15) is 0 Å². The maximum absolute atomic E-state index is 11.6. The summed E-state index contributed by atoms with van der Waals surface area (Å²) in [5, 5.41) is 10.4. The fourth-order valence-electron chi connectivity index (χ4n) is 2.75. The molecule has 5 heteroatoms. The molecule has 0 bridgehead atoms. The number of rotatable bonds is 3. The van der Waals surface area contributed by atoms with Crippen LogP contribution in [0.4, 0.5) is 0 Å². The summed E-state index contributed by atoms with van der Waals surface area (Å²) in [7, 11) is 1.39. The summed E-state index contributed by atoms with van der Waals surface area (Å²) >= 11 is 0. The average molecular weight is 243 g/mol. The Kier molecular flexibility index (Phi) is 4.01. The second-order valence-corrected chi connectivity index (χ2v) is 5.02. The first-order valence-electron chi connectivity index (χ1n) is 6.27. The number of nitrogens with zero attached hydrogens (tertiary/aromatic N) is 1. The van der Waals surface area contributed by atoms with E-state index in [2.05, 4.69) is 0 Å². The van der Waals surface area contributed by atoms with Crippen LogP contribution in [0.15, 0.2) is 0 Å². The highest BCUT2D eigenvalue weighted by Crippen LogP contribution is 2.31. The molecule has 1 aliphatic heterocycles. The normalized spacial score (nSPS) is 29.2. The Labute approximate surface area is 102 Å². The highest BCUT2D eigenvalue weighted by Gasteiger charge is 2.38. The van der Waals surface area contributed by atoms with Crippen LogP contribution in [0.1, 0.15) is 25.7 Å². The molecule has 2 rings (SSSR count). The van der Waals surface area contributed by atoms with Gasteiger partial charge in [0.05, 0.1) is 25.9 Å². The summed E-state index contributed by atoms with van der Waals surface area (Å²) in [4.78, 5) is 13.6. The molecule has 1 unspecified atom stereocenters. The maximum atomic E-state index is 11.6. The van der Waals surface area contributed by atoms with Gasteiger partial charge in [-0.15, -0.1) is 0 Å². The third-order valence-corrected chi connectivity index (χ3v) is 3.74. The van der Waals surface area contributed by atoms with Gasteiger partial charge in [0.1, 0.15) is 6.04 Å². The lowest BCUT2D eigenvalue weighted by Gasteiger charge is -2.38. The Bertz CT molecular complexity index is 276. The van der Waals surface area contributed by atoms with Gasteiger partial charge < -0.3 is 14.6 Å². The summed E-state index contributed by atoms with van der Waals surface area (Å²) in [6.07, 6.45) is 3.81. The molecular weight excluding hydrogens is 222 g/mol. The van der Waals surface area contributed by atoms with E-state index in [-0.39, 0.29) is 12.0 Å². The van der Waals surface area contributed by atoms with E-state index < -0.39 is 5.60 Å². The number of hydrogen-bond acceptors (Lipinski definition) is 5. The fraction of sp³-hybridized carbons (Fsp3) is 0.917. The first kappa shape index (κ1) is 12.8. The van der Waals surface area contributed by atoms with Gasteiger partial charge in [-0.25, -0.2) is 0 Å². The van der Waals surface area contributed by atoms with Crippen LogP contribution in [0, 0.1) is 0 Å². The van der Waals surface area contributed by atoms with Gasteiger partial charge in [0, 0.05) is 13.1 Å². The average Bonchev–Trinajstić information content (AvgIpc) is 2.75. The molecule has 0 aromatic carbocycles. The van der Waals surface area contributed by atoms with Gasteiger partial charge in [0.2, 0.25) is 0 Å². The van der Waals surface area contributed by atoms with E-state index in [1.165, 1.54) is 7.11 Å². The Balaban J connectivity index is 1.98. The third kappa shape index (κ3) is 2.97. The van der Waals surface area contributed by atoms with E-state index in [9.17, 15) is 9.90 Å². The van der Waals surface area contributed by atoms with Gasteiger partial charge in [-0.3, -0.25) is 9.69 Å². The van der Waals surface area contributed by atoms with Crippen molar-refractivity contribution in [1.29, 1.82) is 0 Å². The standard InChI is InChI=1S/C12H21NO4/c1-16-11(14)10-8-17-7-6-13(10)9-12(15)4-2-3-5-12/h10,15H,2-9H2,1H3. The SMILES string of the molecule is COC(=O)C1COCCN1CC1(O)CCCC1. The molecule has 1 atom stereocenters. The minimum Gasteiger partial charge on any atom is -0.468 e. The van der Waals surface area contributed by atoms with Crippen molar-refractivity contribution >= 4 is 5.97 Å². The predicted molar refractivity (Wildman–Crippen MR) is 61.6 cm³/mol. The maximum Gasteiger partial charge on any atom is 0.325 e. The molecule has 0 aromatic rings. The van der Waals surface area contributed by atoms with Gasteiger partial charge in [0.25, 0.3) is 0 Å². The van der Waals surface area contributed by atoms with E-state index in [1.54, 1.807) is 0 Å². The van der Waals surface area contributed by atoms with Crippen molar-refractivity contribution in [2.75, 3.05) is 33.4 Å². The number of esters is 1. The van der Waals surface area contributed by atoms with Gasteiger partial charge in [0.15, 0.2) is 0 Å². The highest BCUT2D eigenvalue weighted by molar-refractivity contribution is 5.75. The van der Waals surface area contributed by atoms with Crippen molar-refractivity contribution < 1.29 is 19.4 Å². The molecule has 2 fully saturated rings. The summed E-state index contributed by atoms with van der Waals surface area (Å²) in [6.45, 7) is 2.21. The third-order valence-electron chi connectivity index (χ3n) is 3.74. The number of ether oxygens (including phenoxy) is 2. The Morgan fingerprint density at radius 1 is 1.53 bits per heavy atom. The number of aliphatic hydroxyl groups is 1. The van der Waals surface area contributed by atoms with E-state index in [1.807, 2.05) is 4.90 Å². The molecule has 1 N–H and O–H groups in total. The summed E-state index contributed by atoms with van der Waals surface area (Å²) in [6, 6.07) is -0.363. The van der Waals surface area contributed by atoms with Crippen LogP contribution >= 0.6 is 0 Å². The summed E-state index contributed by atoms with van der Waals surface area (Å²) < 4.78 is 10.1. The Hall–Kier alpha value is -0.650. The Morgan fingerprint density at radius 2 is 2.24 bits per heavy atom. The topological polar surface area (TPSA) is 59.0 Å². The molecule has 5 nitrogen and oxygen atoms in total. The lowest BCUT2D eigenvalue weighted by molar-refractivity contribution is -0.155. The highest BCUT2D eigenvalue weighted by atomic mass is 16.5. The van der Waals surface area contributed by atoms with Crippen molar-refractivity contribution in [2.45, 2.75) is 37.3 Å². The smallest absolute Gasteiger partial charge is 0.325 e. The molecule has 0 aromatic heterocycles. The van der Waals surface area contributed by atoms with E-state index >= 15 is 0 Å². The second-order valence-electron chi connectivity index (χ2n) is 5.02. The minimum absolute atomic E-state index is 0.272. The Morgan fingerprint density at radius 3 is 2.88 bits per heavy atom. The van der Waals surface area contributed by atoms with E-state index in [4.69, 9.17) is 9.47 Å². The molecule has 1 saturated carbocycles. The van der Waals surface area contributed by atoms with Crippen LogP contribution in [-0.2, 0) is 14.3 Å². The quantitative estimate of drug-likeness (QED) is 0.716. The largest absolute Gasteiger partial charge is 0.468 e. The fourth-order valence-corrected chi connectivity index (χ4v) is 2.75. The number of carbonyl (C=O) groups excluding carboxylic acids is 1. The van der Waals surface area contributed by atoms with Gasteiger partial charge >= 0.3 is 5.97 Å². The first-order chi connectivity index (χ1) is 8.14. The van der Waals surface area contributed by atoms with Crippen LogP contribution in [0.2, 0.25) is 0 Å². The molecule has 17 heavy (non-hydrogen) atoms. The monoisotopic (exact) mass is 243 g/mol. The lowest BCUT2D eigenvalue weighted by Crippen LogP contribution is -2.55. The van der Waals surface area contributed by atoms with Crippen molar-refractivity contribution in [3.63, 3.8) is 0 Å². The van der Waals surface area contributed by atoms with Crippen LogP contribution in [0.5, 0.6) is 0 Å². The number of methoxy groups -OCH3 is 1. The van der Waals surface area contributed by atoms with Crippen molar-refractivity contribution in [3.8, 4) is 0 Å². The van der Waals surface area contributed by atoms with E-state index in [0.29, 0.717) is 26.3 Å². The van der Waals surface area contributed by atoms with Crippen LogP contribution in [0.25, 0.3) is 0 Å². The zero-order chi connectivity index (χ0) is 12.3. The van der Waals surface area contributed by atoms with Crippen molar-refractivity contribution in [1.82, 2.24) is 4.90 Å². The zero-order valence-electron chi connectivity index (χ0n) is 10.4. The van der Waals surface area contributed by atoms with Crippen LogP contribution in [0.3, 0.4) is 0 Å². The van der Waals surface area contributed by atoms with Crippen molar-refractivity contribution in [3.05, 3.63) is 0 Å². The molecule has 1 aliphatic carbocycles. The van der Waals surface area contributed by atoms with E-state index in [0.717, 1.165) is 25.7 Å². The van der Waals surface area contributed by atoms with Gasteiger partial charge in [-0.1, -0.05) is 12.8 Å². The predicted octanol–water partition coefficient (Wildman–Crippen LogP) is 0.165. The zero-order valence-corrected chi connectivity index (χ0v) is 10.4. The van der Waals surface area contributed by atoms with Crippen LogP contribution in [-0.4, -0.2) is 61.0 Å². The molecule has 1 heterocycles. The number of morpholine rings is 1. The number of hydrogen-bond donors (Lipinski definition) is 1. The second kappa shape index (κ2) is 5.33. The van der Waals surface area contributed by atoms with Gasteiger partial charge in [-0.05, 0) is 12.8 Å². The lowest BCUT2D eigenvalue weighted by atomic mass is 10.0. The molecule has 0 spiro atoms. The molecule has 0 radical (unpaired) electrons. The molecule has 1 saturated heterocycles. The van der Waals surface area contributed by atoms with Crippen LogP contribution < -0.4 is 0 Å². The number of β-amino-alcohol motifs (C(OH)–C–C–N with tert-alkyl or cyclic N) is 1. The summed E-state index contributed by atoms with van der Waals surface area (Å²) in [5.41, 5.74) is -0.621. The molecular formula is C12H21NO4. The first-order valence-corrected chi connectivity index (χ1v) is 6.27. The minimum atomic E-state index is -0.621. The molecule has 2 aliphatic rings.